The van der Waals surface area contributed by atoms with E-state index in [9.17, 15) is 13.2 Å². The molecule has 0 amide bonds. The molecule has 1 unspecified atom stereocenters. The lowest BCUT2D eigenvalue weighted by molar-refractivity contribution is -0.138. The molecule has 0 aliphatic rings. The maximum absolute atomic E-state index is 12.7. The van der Waals surface area contributed by atoms with E-state index in [1.54, 1.807) is 0 Å². The average Bonchev–Trinajstić information content (AvgIpc) is 2.19. The van der Waals surface area contributed by atoms with Crippen LogP contribution in [0.2, 0.25) is 10.0 Å². The van der Waals surface area contributed by atoms with Crippen molar-refractivity contribution in [2.75, 3.05) is 6.54 Å². The second-order valence-electron chi connectivity index (χ2n) is 3.16. The molecule has 1 rings (SSSR count). The summed E-state index contributed by atoms with van der Waals surface area (Å²) in [5.41, 5.74) is 9.57. The molecule has 0 bridgehead atoms. The van der Waals surface area contributed by atoms with E-state index in [2.05, 4.69) is 0 Å². The Morgan fingerprint density at radius 1 is 1.25 bits per heavy atom. The first-order chi connectivity index (χ1) is 7.29. The average molecular weight is 273 g/mol. The quantitative estimate of drug-likeness (QED) is 0.870. The minimum absolute atomic E-state index is 0.0218. The van der Waals surface area contributed by atoms with E-state index in [0.717, 1.165) is 12.1 Å². The minimum Gasteiger partial charge on any atom is -0.329 e. The summed E-state index contributed by atoms with van der Waals surface area (Å²) in [6.45, 7) is -0.150. The van der Waals surface area contributed by atoms with Crippen LogP contribution >= 0.6 is 23.2 Å². The van der Waals surface area contributed by atoms with Crippen LogP contribution in [0.4, 0.5) is 13.2 Å². The zero-order chi connectivity index (χ0) is 12.5. The van der Waals surface area contributed by atoms with Gasteiger partial charge >= 0.3 is 6.18 Å². The normalized spacial score (nSPS) is 13.9. The summed E-state index contributed by atoms with van der Waals surface area (Å²) in [6, 6.07) is 0.932. The van der Waals surface area contributed by atoms with Gasteiger partial charge in [0, 0.05) is 18.2 Å². The molecule has 1 atom stereocenters. The second kappa shape index (κ2) is 4.79. The molecule has 90 valence electrons. The van der Waals surface area contributed by atoms with Crippen molar-refractivity contribution in [2.45, 2.75) is 12.2 Å². The molecule has 0 heterocycles. The van der Waals surface area contributed by atoms with E-state index in [1.807, 2.05) is 0 Å². The maximum Gasteiger partial charge on any atom is 0.416 e. The number of rotatable bonds is 2. The van der Waals surface area contributed by atoms with Gasteiger partial charge in [0.15, 0.2) is 0 Å². The first kappa shape index (κ1) is 13.6. The molecule has 1 aromatic carbocycles. The van der Waals surface area contributed by atoms with Crippen molar-refractivity contribution in [3.8, 4) is 0 Å². The summed E-state index contributed by atoms with van der Waals surface area (Å²) in [5.74, 6) is 0. The largest absolute Gasteiger partial charge is 0.416 e. The number of halogens is 5. The molecule has 0 aliphatic carbocycles. The summed E-state index contributed by atoms with van der Waals surface area (Å²) in [7, 11) is 0. The van der Waals surface area contributed by atoms with Gasteiger partial charge < -0.3 is 11.5 Å². The Hall–Kier alpha value is -0.490. The standard InChI is InChI=1S/C9H9Cl2F3N2/c10-5-2-1-4(9(12,13)14)7(8(5)11)6(16)3-15/h1-2,6H,3,15-16H2. The van der Waals surface area contributed by atoms with Crippen molar-refractivity contribution in [3.63, 3.8) is 0 Å². The number of hydrogen-bond acceptors (Lipinski definition) is 2. The monoisotopic (exact) mass is 272 g/mol. The molecule has 0 saturated carbocycles. The summed E-state index contributed by atoms with van der Waals surface area (Å²) >= 11 is 11.4. The Balaban J connectivity index is 3.45. The molecule has 0 aromatic heterocycles. The number of benzene rings is 1. The van der Waals surface area contributed by atoms with Gasteiger partial charge in [-0.2, -0.15) is 13.2 Å². The topological polar surface area (TPSA) is 52.0 Å². The van der Waals surface area contributed by atoms with Crippen LogP contribution in [0.25, 0.3) is 0 Å². The summed E-state index contributed by atoms with van der Waals surface area (Å²) < 4.78 is 38.0. The van der Waals surface area contributed by atoms with E-state index >= 15 is 0 Å². The Morgan fingerprint density at radius 2 is 1.81 bits per heavy atom. The van der Waals surface area contributed by atoms with Crippen molar-refractivity contribution in [3.05, 3.63) is 33.3 Å². The number of hydrogen-bond donors (Lipinski definition) is 2. The maximum atomic E-state index is 12.7. The van der Waals surface area contributed by atoms with Crippen LogP contribution in [0.15, 0.2) is 12.1 Å². The predicted molar refractivity (Wildman–Crippen MR) is 57.4 cm³/mol. The molecule has 1 aromatic rings. The first-order valence-electron chi connectivity index (χ1n) is 4.29. The van der Waals surface area contributed by atoms with Crippen LogP contribution in [0.1, 0.15) is 17.2 Å². The van der Waals surface area contributed by atoms with E-state index in [0.29, 0.717) is 0 Å². The van der Waals surface area contributed by atoms with Crippen LogP contribution in [0, 0.1) is 0 Å². The summed E-state index contributed by atoms with van der Waals surface area (Å²) in [6.07, 6.45) is -4.53. The second-order valence-corrected chi connectivity index (χ2v) is 3.95. The zero-order valence-corrected chi connectivity index (χ0v) is 9.50. The van der Waals surface area contributed by atoms with Crippen LogP contribution in [-0.2, 0) is 6.18 Å². The Labute approximate surface area is 100 Å². The first-order valence-corrected chi connectivity index (χ1v) is 5.05. The lowest BCUT2D eigenvalue weighted by Crippen LogP contribution is -2.24. The van der Waals surface area contributed by atoms with Gasteiger partial charge in [0.2, 0.25) is 0 Å². The van der Waals surface area contributed by atoms with Crippen LogP contribution < -0.4 is 11.5 Å². The summed E-state index contributed by atoms with van der Waals surface area (Å²) in [5, 5.41) is -0.178. The smallest absolute Gasteiger partial charge is 0.329 e. The third-order valence-corrected chi connectivity index (χ3v) is 2.88. The molecular weight excluding hydrogens is 264 g/mol. The highest BCUT2D eigenvalue weighted by molar-refractivity contribution is 6.42. The van der Waals surface area contributed by atoms with E-state index in [1.165, 1.54) is 0 Å². The van der Waals surface area contributed by atoms with Gasteiger partial charge in [0.05, 0.1) is 15.6 Å². The Bertz CT molecular complexity index is 393. The molecule has 0 saturated heterocycles. The van der Waals surface area contributed by atoms with Crippen molar-refractivity contribution in [2.24, 2.45) is 11.5 Å². The minimum atomic E-state index is -4.53. The van der Waals surface area contributed by atoms with Crippen molar-refractivity contribution in [1.82, 2.24) is 0 Å². The Morgan fingerprint density at radius 3 is 2.25 bits per heavy atom. The van der Waals surface area contributed by atoms with Crippen LogP contribution in [0.5, 0.6) is 0 Å². The lowest BCUT2D eigenvalue weighted by Gasteiger charge is -2.19. The SMILES string of the molecule is NCC(N)c1c(C(F)(F)F)ccc(Cl)c1Cl. The fourth-order valence-corrected chi connectivity index (χ4v) is 1.76. The Kier molecular flexibility index (Phi) is 4.07. The van der Waals surface area contributed by atoms with Gasteiger partial charge in [-0.25, -0.2) is 0 Å². The van der Waals surface area contributed by atoms with Gasteiger partial charge in [0.1, 0.15) is 0 Å². The number of alkyl halides is 3. The van der Waals surface area contributed by atoms with Gasteiger partial charge in [-0.1, -0.05) is 23.2 Å². The molecule has 2 nitrogen and oxygen atoms in total. The summed E-state index contributed by atoms with van der Waals surface area (Å²) in [4.78, 5) is 0. The predicted octanol–water partition coefficient (Wildman–Crippen LogP) is 2.97. The van der Waals surface area contributed by atoms with E-state index in [4.69, 9.17) is 34.7 Å². The highest BCUT2D eigenvalue weighted by atomic mass is 35.5. The molecule has 4 N–H and O–H groups in total. The fourth-order valence-electron chi connectivity index (χ4n) is 1.29. The van der Waals surface area contributed by atoms with Crippen molar-refractivity contribution in [1.29, 1.82) is 0 Å². The molecular formula is C9H9Cl2F3N2. The van der Waals surface area contributed by atoms with E-state index in [-0.39, 0.29) is 22.2 Å². The third-order valence-electron chi connectivity index (χ3n) is 2.06. The lowest BCUT2D eigenvalue weighted by atomic mass is 10.0. The fraction of sp³-hybridized carbons (Fsp3) is 0.333. The van der Waals surface area contributed by atoms with Gasteiger partial charge in [-0.15, -0.1) is 0 Å². The molecule has 0 fully saturated rings. The van der Waals surface area contributed by atoms with Crippen LogP contribution in [0.3, 0.4) is 0 Å². The van der Waals surface area contributed by atoms with E-state index < -0.39 is 17.8 Å². The van der Waals surface area contributed by atoms with Crippen LogP contribution in [-0.4, -0.2) is 6.54 Å². The molecule has 0 spiro atoms. The zero-order valence-electron chi connectivity index (χ0n) is 7.98. The molecule has 16 heavy (non-hydrogen) atoms. The molecule has 7 heteroatoms. The molecule has 0 aliphatic heterocycles. The number of nitrogens with two attached hydrogens (primary N) is 2. The third kappa shape index (κ3) is 2.60. The highest BCUT2D eigenvalue weighted by Gasteiger charge is 2.36. The van der Waals surface area contributed by atoms with Crippen molar-refractivity contribution < 1.29 is 13.2 Å². The van der Waals surface area contributed by atoms with Gasteiger partial charge in [-0.05, 0) is 12.1 Å². The van der Waals surface area contributed by atoms with Gasteiger partial charge in [-0.3, -0.25) is 0 Å². The highest BCUT2D eigenvalue weighted by Crippen LogP contribution is 2.40. The van der Waals surface area contributed by atoms with Crippen molar-refractivity contribution >= 4 is 23.2 Å². The molecule has 0 radical (unpaired) electrons. The van der Waals surface area contributed by atoms with Gasteiger partial charge in [0.25, 0.3) is 0 Å².